The molecule has 2 N–H and O–H groups in total. The topological polar surface area (TPSA) is 35.2 Å². The van der Waals surface area contributed by atoms with Crippen LogP contribution in [0.5, 0.6) is 0 Å². The van der Waals surface area contributed by atoms with Crippen molar-refractivity contribution in [1.29, 1.82) is 0 Å². The smallest absolute Gasteiger partial charge is 0.146 e. The predicted octanol–water partition coefficient (Wildman–Crippen LogP) is 1.49. The maximum Gasteiger partial charge on any atom is 0.146 e. The van der Waals surface area contributed by atoms with Gasteiger partial charge >= 0.3 is 0 Å². The lowest BCUT2D eigenvalue weighted by atomic mass is 10.1. The van der Waals surface area contributed by atoms with Crippen molar-refractivity contribution in [2.45, 2.75) is 32.4 Å². The van der Waals surface area contributed by atoms with Gasteiger partial charge in [-0.1, -0.05) is 13.8 Å². The quantitative estimate of drug-likeness (QED) is 0.602. The molecular formula is C8H18FNO. The average molecular weight is 163 g/mol. The van der Waals surface area contributed by atoms with E-state index < -0.39 is 5.67 Å². The molecule has 0 saturated carbocycles. The highest BCUT2D eigenvalue weighted by Gasteiger charge is 2.25. The van der Waals surface area contributed by atoms with E-state index >= 15 is 0 Å². The second kappa shape index (κ2) is 5.49. The fourth-order valence-electron chi connectivity index (χ4n) is 0.705. The largest absolute Gasteiger partial charge is 0.378 e. The Morgan fingerprint density at radius 2 is 2.09 bits per heavy atom. The monoisotopic (exact) mass is 163 g/mol. The molecule has 0 amide bonds. The van der Waals surface area contributed by atoms with E-state index in [0.29, 0.717) is 13.0 Å². The van der Waals surface area contributed by atoms with E-state index in [4.69, 9.17) is 10.5 Å². The molecule has 11 heavy (non-hydrogen) atoms. The molecule has 0 aliphatic heterocycles. The van der Waals surface area contributed by atoms with E-state index in [1.165, 1.54) is 0 Å². The van der Waals surface area contributed by atoms with Crippen LogP contribution >= 0.6 is 0 Å². The summed E-state index contributed by atoms with van der Waals surface area (Å²) in [6, 6.07) is 0. The number of halogens is 1. The molecule has 0 spiro atoms. The fraction of sp³-hybridized carbons (Fsp3) is 1.00. The van der Waals surface area contributed by atoms with E-state index in [0.717, 1.165) is 6.42 Å². The summed E-state index contributed by atoms with van der Waals surface area (Å²) in [6.07, 6.45) is 1.34. The molecule has 3 heteroatoms. The summed E-state index contributed by atoms with van der Waals surface area (Å²) in [5, 5.41) is 0. The second-order valence-electron chi connectivity index (χ2n) is 2.76. The minimum absolute atomic E-state index is 0.0488. The van der Waals surface area contributed by atoms with Gasteiger partial charge in [0.2, 0.25) is 0 Å². The van der Waals surface area contributed by atoms with Crippen LogP contribution < -0.4 is 5.73 Å². The van der Waals surface area contributed by atoms with Crippen molar-refractivity contribution in [2.24, 2.45) is 5.73 Å². The summed E-state index contributed by atoms with van der Waals surface area (Å²) in [6.45, 7) is 4.57. The van der Waals surface area contributed by atoms with Gasteiger partial charge in [-0.2, -0.15) is 0 Å². The van der Waals surface area contributed by atoms with Crippen LogP contribution in [0, 0.1) is 0 Å². The Balaban J connectivity index is 3.51. The van der Waals surface area contributed by atoms with Gasteiger partial charge in [0.1, 0.15) is 5.67 Å². The molecule has 0 radical (unpaired) electrons. The van der Waals surface area contributed by atoms with E-state index in [2.05, 4.69) is 0 Å². The maximum absolute atomic E-state index is 13.3. The summed E-state index contributed by atoms with van der Waals surface area (Å²) < 4.78 is 18.4. The Bertz CT molecular complexity index is 94.1. The third-order valence-electron chi connectivity index (χ3n) is 1.71. The highest BCUT2D eigenvalue weighted by Crippen LogP contribution is 2.14. The minimum atomic E-state index is -1.31. The van der Waals surface area contributed by atoms with Crippen LogP contribution in [0.15, 0.2) is 0 Å². The zero-order valence-electron chi connectivity index (χ0n) is 7.40. The van der Waals surface area contributed by atoms with E-state index in [-0.39, 0.29) is 13.2 Å². The average Bonchev–Trinajstić information content (AvgIpc) is 2.05. The molecule has 0 aromatic carbocycles. The van der Waals surface area contributed by atoms with Crippen LogP contribution in [0.2, 0.25) is 0 Å². The van der Waals surface area contributed by atoms with Crippen LogP contribution in [-0.4, -0.2) is 25.4 Å². The number of hydrogen-bond donors (Lipinski definition) is 1. The number of alkyl halides is 1. The molecular weight excluding hydrogens is 145 g/mol. The van der Waals surface area contributed by atoms with Gasteiger partial charge in [-0.15, -0.1) is 0 Å². The van der Waals surface area contributed by atoms with Crippen LogP contribution in [-0.2, 0) is 4.74 Å². The lowest BCUT2D eigenvalue weighted by Gasteiger charge is -2.21. The lowest BCUT2D eigenvalue weighted by molar-refractivity contribution is 0.0179. The molecule has 0 aromatic rings. The Labute approximate surface area is 67.9 Å². The first kappa shape index (κ1) is 10.8. The van der Waals surface area contributed by atoms with E-state index in [9.17, 15) is 4.39 Å². The summed E-state index contributed by atoms with van der Waals surface area (Å²) in [5.74, 6) is 0. The van der Waals surface area contributed by atoms with E-state index in [1.807, 2.05) is 6.92 Å². The van der Waals surface area contributed by atoms with Crippen molar-refractivity contribution in [2.75, 3.05) is 19.8 Å². The number of rotatable bonds is 6. The first-order chi connectivity index (χ1) is 5.18. The number of nitrogens with two attached hydrogens (primary N) is 1. The highest BCUT2D eigenvalue weighted by molar-refractivity contribution is 4.77. The van der Waals surface area contributed by atoms with Gasteiger partial charge in [0.05, 0.1) is 6.61 Å². The van der Waals surface area contributed by atoms with Gasteiger partial charge < -0.3 is 10.5 Å². The molecule has 1 unspecified atom stereocenters. The van der Waals surface area contributed by atoms with Gasteiger partial charge in [-0.25, -0.2) is 4.39 Å². The summed E-state index contributed by atoms with van der Waals surface area (Å²) in [4.78, 5) is 0. The van der Waals surface area contributed by atoms with Crippen molar-refractivity contribution < 1.29 is 9.13 Å². The Kier molecular flexibility index (Phi) is 5.42. The summed E-state index contributed by atoms with van der Waals surface area (Å²) in [7, 11) is 0. The maximum atomic E-state index is 13.3. The normalized spacial score (nSPS) is 16.4. The number of hydrogen-bond acceptors (Lipinski definition) is 2. The van der Waals surface area contributed by atoms with Gasteiger partial charge in [0, 0.05) is 13.2 Å². The lowest BCUT2D eigenvalue weighted by Crippen LogP contribution is -2.37. The zero-order valence-corrected chi connectivity index (χ0v) is 7.40. The van der Waals surface area contributed by atoms with Crippen LogP contribution in [0.1, 0.15) is 26.7 Å². The molecule has 68 valence electrons. The molecule has 0 heterocycles. The molecule has 2 nitrogen and oxygen atoms in total. The molecule has 0 aliphatic rings. The zero-order chi connectivity index (χ0) is 8.74. The van der Waals surface area contributed by atoms with Crippen molar-refractivity contribution in [3.8, 4) is 0 Å². The summed E-state index contributed by atoms with van der Waals surface area (Å²) >= 11 is 0. The Hall–Kier alpha value is -0.150. The third kappa shape index (κ3) is 4.32. The first-order valence-corrected chi connectivity index (χ1v) is 4.15. The highest BCUT2D eigenvalue weighted by atomic mass is 19.1. The van der Waals surface area contributed by atoms with Gasteiger partial charge in [-0.05, 0) is 12.8 Å². The molecule has 0 saturated heterocycles. The molecule has 1 atom stereocenters. The Morgan fingerprint density at radius 3 is 2.45 bits per heavy atom. The molecule has 0 rings (SSSR count). The molecule has 0 bridgehead atoms. The minimum Gasteiger partial charge on any atom is -0.378 e. The molecule has 0 fully saturated rings. The summed E-state index contributed by atoms with van der Waals surface area (Å²) in [5.41, 5.74) is 3.93. The molecule has 0 aromatic heterocycles. The van der Waals surface area contributed by atoms with Crippen molar-refractivity contribution in [1.82, 2.24) is 0 Å². The SMILES string of the molecule is CCCOCC(F)(CC)CN. The van der Waals surface area contributed by atoms with E-state index in [1.54, 1.807) is 6.92 Å². The van der Waals surface area contributed by atoms with Crippen LogP contribution in [0.25, 0.3) is 0 Å². The first-order valence-electron chi connectivity index (χ1n) is 4.15. The standard InChI is InChI=1S/C8H18FNO/c1-3-5-11-7-8(9,4-2)6-10/h3-7,10H2,1-2H3. The van der Waals surface area contributed by atoms with Crippen LogP contribution in [0.3, 0.4) is 0 Å². The second-order valence-corrected chi connectivity index (χ2v) is 2.76. The number of ether oxygens (including phenoxy) is 1. The van der Waals surface area contributed by atoms with Gasteiger partial charge in [0.25, 0.3) is 0 Å². The van der Waals surface area contributed by atoms with Gasteiger partial charge in [0.15, 0.2) is 0 Å². The Morgan fingerprint density at radius 1 is 1.45 bits per heavy atom. The molecule has 0 aliphatic carbocycles. The van der Waals surface area contributed by atoms with Crippen molar-refractivity contribution in [3.05, 3.63) is 0 Å². The van der Waals surface area contributed by atoms with Gasteiger partial charge in [-0.3, -0.25) is 0 Å². The van der Waals surface area contributed by atoms with Crippen LogP contribution in [0.4, 0.5) is 4.39 Å². The fourth-order valence-corrected chi connectivity index (χ4v) is 0.705. The predicted molar refractivity (Wildman–Crippen MR) is 44.3 cm³/mol. The third-order valence-corrected chi connectivity index (χ3v) is 1.71. The van der Waals surface area contributed by atoms with Crippen molar-refractivity contribution in [3.63, 3.8) is 0 Å². The van der Waals surface area contributed by atoms with Crippen molar-refractivity contribution >= 4 is 0 Å².